The summed E-state index contributed by atoms with van der Waals surface area (Å²) >= 11 is 0. The SMILES string of the molecule is NN=NC(CO)CO. The highest BCUT2D eigenvalue weighted by Gasteiger charge is 1.99. The summed E-state index contributed by atoms with van der Waals surface area (Å²) in [5, 5.41) is 22.7. The summed E-state index contributed by atoms with van der Waals surface area (Å²) in [5.41, 5.74) is 0. The van der Waals surface area contributed by atoms with Crippen molar-refractivity contribution in [1.29, 1.82) is 0 Å². The van der Waals surface area contributed by atoms with E-state index in [1.54, 1.807) is 0 Å². The number of rotatable bonds is 3. The Kier molecular flexibility index (Phi) is 4.10. The molecule has 0 aliphatic carbocycles. The van der Waals surface area contributed by atoms with E-state index in [1.807, 2.05) is 0 Å². The Hall–Kier alpha value is -0.680. The highest BCUT2D eigenvalue weighted by atomic mass is 16.3. The van der Waals surface area contributed by atoms with Gasteiger partial charge in [-0.1, -0.05) is 5.22 Å². The maximum absolute atomic E-state index is 8.29. The van der Waals surface area contributed by atoms with Gasteiger partial charge in [0.05, 0.1) is 13.2 Å². The first-order valence-corrected chi connectivity index (χ1v) is 2.17. The monoisotopic (exact) mass is 119 g/mol. The van der Waals surface area contributed by atoms with Crippen LogP contribution in [-0.4, -0.2) is 29.5 Å². The van der Waals surface area contributed by atoms with Gasteiger partial charge in [0.2, 0.25) is 0 Å². The van der Waals surface area contributed by atoms with E-state index in [4.69, 9.17) is 10.2 Å². The van der Waals surface area contributed by atoms with Gasteiger partial charge < -0.3 is 16.1 Å². The Morgan fingerprint density at radius 3 is 2.00 bits per heavy atom. The van der Waals surface area contributed by atoms with Crippen LogP contribution >= 0.6 is 0 Å². The minimum absolute atomic E-state index is 0.225. The molecule has 48 valence electrons. The van der Waals surface area contributed by atoms with Crippen molar-refractivity contribution in [3.05, 3.63) is 0 Å². The zero-order chi connectivity index (χ0) is 6.41. The summed E-state index contributed by atoms with van der Waals surface area (Å²) in [5.74, 6) is 4.62. The third-order valence-electron chi connectivity index (χ3n) is 0.651. The fourth-order valence-corrected chi connectivity index (χ4v) is 0.225. The lowest BCUT2D eigenvalue weighted by atomic mass is 10.4. The second kappa shape index (κ2) is 4.48. The Balaban J connectivity index is 3.36. The van der Waals surface area contributed by atoms with E-state index in [2.05, 4.69) is 16.2 Å². The van der Waals surface area contributed by atoms with Gasteiger partial charge in [-0.25, -0.2) is 0 Å². The second-order valence-corrected chi connectivity index (χ2v) is 1.25. The molecule has 0 heterocycles. The van der Waals surface area contributed by atoms with Crippen molar-refractivity contribution >= 4 is 0 Å². The van der Waals surface area contributed by atoms with E-state index in [9.17, 15) is 0 Å². The number of nitrogens with zero attached hydrogens (tertiary/aromatic N) is 2. The molecule has 0 atom stereocenters. The molecule has 0 rings (SSSR count). The lowest BCUT2D eigenvalue weighted by molar-refractivity contribution is 0.191. The average molecular weight is 119 g/mol. The van der Waals surface area contributed by atoms with Crippen LogP contribution < -0.4 is 5.84 Å². The van der Waals surface area contributed by atoms with Crippen LogP contribution in [0.4, 0.5) is 0 Å². The third-order valence-corrected chi connectivity index (χ3v) is 0.651. The highest BCUT2D eigenvalue weighted by molar-refractivity contribution is 4.57. The van der Waals surface area contributed by atoms with Crippen LogP contribution in [0.15, 0.2) is 10.3 Å². The Morgan fingerprint density at radius 1 is 1.38 bits per heavy atom. The smallest absolute Gasteiger partial charge is 0.119 e. The zero-order valence-corrected chi connectivity index (χ0v) is 4.36. The fraction of sp³-hybridized carbons (Fsp3) is 1.00. The molecule has 0 saturated heterocycles. The molecule has 0 aliphatic rings. The lowest BCUT2D eigenvalue weighted by Crippen LogP contribution is -2.14. The topological polar surface area (TPSA) is 91.2 Å². The van der Waals surface area contributed by atoms with Gasteiger partial charge in [0.15, 0.2) is 0 Å². The first kappa shape index (κ1) is 7.32. The van der Waals surface area contributed by atoms with Gasteiger partial charge >= 0.3 is 0 Å². The van der Waals surface area contributed by atoms with Crippen LogP contribution in [0.5, 0.6) is 0 Å². The summed E-state index contributed by atoms with van der Waals surface area (Å²) in [6.45, 7) is -0.450. The molecular formula is C3H9N3O2. The van der Waals surface area contributed by atoms with Crippen molar-refractivity contribution in [2.75, 3.05) is 13.2 Å². The van der Waals surface area contributed by atoms with Crippen LogP contribution in [0.3, 0.4) is 0 Å². The van der Waals surface area contributed by atoms with Crippen LogP contribution in [0, 0.1) is 0 Å². The van der Waals surface area contributed by atoms with E-state index in [-0.39, 0.29) is 13.2 Å². The normalized spacial score (nSPS) is 11.4. The van der Waals surface area contributed by atoms with Crippen LogP contribution in [0.2, 0.25) is 0 Å². The van der Waals surface area contributed by atoms with E-state index in [1.165, 1.54) is 0 Å². The van der Waals surface area contributed by atoms with E-state index >= 15 is 0 Å². The van der Waals surface area contributed by atoms with Crippen LogP contribution in [0.1, 0.15) is 0 Å². The summed E-state index contributed by atoms with van der Waals surface area (Å²) in [6.07, 6.45) is 0. The molecule has 0 saturated carbocycles. The molecular weight excluding hydrogens is 110 g/mol. The van der Waals surface area contributed by atoms with E-state index < -0.39 is 6.04 Å². The van der Waals surface area contributed by atoms with Crippen molar-refractivity contribution in [2.24, 2.45) is 16.2 Å². The van der Waals surface area contributed by atoms with Crippen LogP contribution in [0.25, 0.3) is 0 Å². The maximum Gasteiger partial charge on any atom is 0.119 e. The molecule has 8 heavy (non-hydrogen) atoms. The molecule has 0 aliphatic heterocycles. The highest BCUT2D eigenvalue weighted by Crippen LogP contribution is 1.85. The Bertz CT molecular complexity index is 70.9. The van der Waals surface area contributed by atoms with Gasteiger partial charge in [0.1, 0.15) is 6.04 Å². The predicted molar refractivity (Wildman–Crippen MR) is 27.0 cm³/mol. The number of hydrogen-bond donors (Lipinski definition) is 3. The van der Waals surface area contributed by atoms with Gasteiger partial charge in [-0.05, 0) is 0 Å². The lowest BCUT2D eigenvalue weighted by Gasteiger charge is -1.98. The van der Waals surface area contributed by atoms with Crippen molar-refractivity contribution in [3.8, 4) is 0 Å². The number of nitrogens with two attached hydrogens (primary N) is 1. The first-order chi connectivity index (χ1) is 3.85. The third kappa shape index (κ3) is 2.49. The van der Waals surface area contributed by atoms with Gasteiger partial charge in [-0.2, -0.15) is 5.11 Å². The molecule has 0 bridgehead atoms. The Morgan fingerprint density at radius 2 is 1.88 bits per heavy atom. The summed E-state index contributed by atoms with van der Waals surface area (Å²) in [7, 11) is 0. The van der Waals surface area contributed by atoms with Gasteiger partial charge in [0.25, 0.3) is 0 Å². The van der Waals surface area contributed by atoms with E-state index in [0.717, 1.165) is 0 Å². The molecule has 0 spiro atoms. The van der Waals surface area contributed by atoms with Crippen molar-refractivity contribution in [2.45, 2.75) is 6.04 Å². The quantitative estimate of drug-likeness (QED) is 0.244. The summed E-state index contributed by atoms with van der Waals surface area (Å²) in [4.78, 5) is 0. The molecule has 0 aromatic rings. The molecule has 0 fully saturated rings. The number of aliphatic hydroxyl groups excluding tert-OH is 2. The molecule has 0 aromatic heterocycles. The van der Waals surface area contributed by atoms with Gasteiger partial charge in [-0.15, -0.1) is 0 Å². The largest absolute Gasteiger partial charge is 0.394 e. The second-order valence-electron chi connectivity index (χ2n) is 1.25. The average Bonchev–Trinajstić information content (AvgIpc) is 1.83. The Labute approximate surface area is 46.8 Å². The van der Waals surface area contributed by atoms with Crippen molar-refractivity contribution in [3.63, 3.8) is 0 Å². The molecule has 5 nitrogen and oxygen atoms in total. The van der Waals surface area contributed by atoms with Crippen LogP contribution in [-0.2, 0) is 0 Å². The molecule has 0 unspecified atom stereocenters. The van der Waals surface area contributed by atoms with Gasteiger partial charge in [-0.3, -0.25) is 0 Å². The molecule has 0 aromatic carbocycles. The van der Waals surface area contributed by atoms with Crippen molar-refractivity contribution in [1.82, 2.24) is 0 Å². The molecule has 5 heteroatoms. The standard InChI is InChI=1S/C3H9N3O2/c4-6-5-3(1-7)2-8/h3,7-8H,1-2H2,(H2,4,5). The fourth-order valence-electron chi connectivity index (χ4n) is 0.225. The number of hydrogen-bond acceptors (Lipinski definition) is 4. The molecule has 0 radical (unpaired) electrons. The minimum atomic E-state index is -0.556. The maximum atomic E-state index is 8.29. The molecule has 0 amide bonds. The summed E-state index contributed by atoms with van der Waals surface area (Å²) in [6, 6.07) is -0.556. The summed E-state index contributed by atoms with van der Waals surface area (Å²) < 4.78 is 0. The minimum Gasteiger partial charge on any atom is -0.394 e. The van der Waals surface area contributed by atoms with Gasteiger partial charge in [0, 0.05) is 0 Å². The zero-order valence-electron chi connectivity index (χ0n) is 4.36. The number of aliphatic hydroxyl groups is 2. The molecule has 4 N–H and O–H groups in total. The predicted octanol–water partition coefficient (Wildman–Crippen LogP) is -1.33. The van der Waals surface area contributed by atoms with Crippen molar-refractivity contribution < 1.29 is 10.2 Å². The van der Waals surface area contributed by atoms with E-state index in [0.29, 0.717) is 0 Å². The first-order valence-electron chi connectivity index (χ1n) is 2.17.